The van der Waals surface area contributed by atoms with E-state index in [0.29, 0.717) is 13.2 Å². The largest absolute Gasteiger partial charge is 0.376 e. The van der Waals surface area contributed by atoms with Crippen molar-refractivity contribution in [1.82, 2.24) is 15.1 Å². The maximum absolute atomic E-state index is 12.0. The third-order valence-electron chi connectivity index (χ3n) is 4.05. The summed E-state index contributed by atoms with van der Waals surface area (Å²) in [5.41, 5.74) is 0.991. The Morgan fingerprint density at radius 1 is 1.45 bits per heavy atom. The van der Waals surface area contributed by atoms with Crippen LogP contribution in [-0.4, -0.2) is 54.3 Å². The molecule has 0 aromatic carbocycles. The highest BCUT2D eigenvalue weighted by atomic mass is 16.5. The number of rotatable bonds is 6. The molecule has 2 aliphatic heterocycles. The van der Waals surface area contributed by atoms with Gasteiger partial charge in [0.15, 0.2) is 0 Å². The van der Waals surface area contributed by atoms with Crippen LogP contribution in [0, 0.1) is 0 Å². The molecule has 2 fully saturated rings. The van der Waals surface area contributed by atoms with Crippen molar-refractivity contribution in [3.63, 3.8) is 0 Å². The highest BCUT2D eigenvalue weighted by Crippen LogP contribution is 2.28. The third-order valence-corrected chi connectivity index (χ3v) is 4.05. The number of nitrogens with one attached hydrogen (secondary N) is 1. The second-order valence-corrected chi connectivity index (χ2v) is 5.85. The number of amides is 1. The molecule has 3 rings (SSSR count). The van der Waals surface area contributed by atoms with E-state index in [1.807, 2.05) is 13.2 Å². The van der Waals surface area contributed by atoms with Gasteiger partial charge in [-0.15, -0.1) is 0 Å². The molecule has 1 amide bonds. The summed E-state index contributed by atoms with van der Waals surface area (Å²) in [6.07, 6.45) is 6.61. The molecule has 2 saturated heterocycles. The van der Waals surface area contributed by atoms with Crippen molar-refractivity contribution < 1.29 is 19.0 Å². The van der Waals surface area contributed by atoms with Crippen molar-refractivity contribution in [2.45, 2.75) is 37.5 Å². The molecule has 3 heterocycles. The van der Waals surface area contributed by atoms with Crippen LogP contribution in [0.15, 0.2) is 12.4 Å². The van der Waals surface area contributed by atoms with Gasteiger partial charge >= 0.3 is 0 Å². The first-order valence-corrected chi connectivity index (χ1v) is 7.81. The number of ether oxygens (including phenoxy) is 3. The van der Waals surface area contributed by atoms with Crippen molar-refractivity contribution >= 4 is 5.91 Å². The van der Waals surface area contributed by atoms with E-state index < -0.39 is 0 Å². The number of hydrogen-bond donors (Lipinski definition) is 1. The van der Waals surface area contributed by atoms with Crippen molar-refractivity contribution in [2.24, 2.45) is 7.05 Å². The average Bonchev–Trinajstić information content (AvgIpc) is 3.20. The lowest BCUT2D eigenvalue weighted by Crippen LogP contribution is -2.39. The van der Waals surface area contributed by atoms with Gasteiger partial charge in [-0.05, 0) is 19.3 Å². The number of carbonyl (C=O) groups excluding carboxylic acids is 1. The van der Waals surface area contributed by atoms with Gasteiger partial charge in [-0.2, -0.15) is 5.10 Å². The van der Waals surface area contributed by atoms with Crippen LogP contribution in [0.25, 0.3) is 0 Å². The number of hydrogen-bond acceptors (Lipinski definition) is 5. The van der Waals surface area contributed by atoms with E-state index in [1.165, 1.54) is 0 Å². The van der Waals surface area contributed by atoms with Gasteiger partial charge in [-0.1, -0.05) is 0 Å². The number of aromatic nitrogens is 2. The summed E-state index contributed by atoms with van der Waals surface area (Å²) in [4.78, 5) is 12.0. The molecule has 7 heteroatoms. The van der Waals surface area contributed by atoms with Crippen LogP contribution in [0.4, 0.5) is 0 Å². The van der Waals surface area contributed by atoms with Crippen molar-refractivity contribution in [3.8, 4) is 0 Å². The molecule has 0 spiro atoms. The Hall–Kier alpha value is -1.44. The minimum absolute atomic E-state index is 0.0250. The molecular formula is C15H23N3O4. The Bertz CT molecular complexity index is 499. The highest BCUT2D eigenvalue weighted by molar-refractivity contribution is 5.77. The number of aryl methyl sites for hydroxylation is 1. The first-order valence-electron chi connectivity index (χ1n) is 7.81. The SMILES string of the molecule is Cn1cc([C@H]2OCC[C@@H]2NC(=O)COC[C@H]2CCCO2)cn1. The molecule has 2 aliphatic rings. The van der Waals surface area contributed by atoms with Crippen LogP contribution in [0.2, 0.25) is 0 Å². The van der Waals surface area contributed by atoms with Gasteiger partial charge in [0.25, 0.3) is 0 Å². The summed E-state index contributed by atoms with van der Waals surface area (Å²) >= 11 is 0. The van der Waals surface area contributed by atoms with Gasteiger partial charge in [0.2, 0.25) is 5.91 Å². The van der Waals surface area contributed by atoms with Crippen LogP contribution in [0.5, 0.6) is 0 Å². The standard InChI is InChI=1S/C15H23N3O4/c1-18-8-11(7-16-18)15-13(4-6-22-15)17-14(19)10-20-9-12-3-2-5-21-12/h7-8,12-13,15H,2-6,9-10H2,1H3,(H,17,19)/t12-,13+,15-/m1/s1. The second kappa shape index (κ2) is 7.21. The lowest BCUT2D eigenvalue weighted by atomic mass is 10.1. The summed E-state index contributed by atoms with van der Waals surface area (Å²) in [5, 5.41) is 7.15. The van der Waals surface area contributed by atoms with Crippen molar-refractivity contribution in [3.05, 3.63) is 18.0 Å². The summed E-state index contributed by atoms with van der Waals surface area (Å²) in [6, 6.07) is -0.0250. The van der Waals surface area contributed by atoms with E-state index in [4.69, 9.17) is 14.2 Å². The molecule has 1 aromatic heterocycles. The zero-order valence-corrected chi connectivity index (χ0v) is 12.9. The zero-order valence-electron chi connectivity index (χ0n) is 12.9. The van der Waals surface area contributed by atoms with E-state index in [-0.39, 0.29) is 30.8 Å². The highest BCUT2D eigenvalue weighted by Gasteiger charge is 2.31. The van der Waals surface area contributed by atoms with Crippen LogP contribution < -0.4 is 5.32 Å². The Morgan fingerprint density at radius 3 is 3.09 bits per heavy atom. The average molecular weight is 309 g/mol. The van der Waals surface area contributed by atoms with Crippen LogP contribution in [-0.2, 0) is 26.1 Å². The summed E-state index contributed by atoms with van der Waals surface area (Å²) in [7, 11) is 1.87. The normalized spacial score (nSPS) is 28.1. The van der Waals surface area contributed by atoms with Gasteiger partial charge in [-0.3, -0.25) is 9.48 Å². The fourth-order valence-electron chi connectivity index (χ4n) is 2.96. The molecule has 1 N–H and O–H groups in total. The molecule has 122 valence electrons. The first kappa shape index (κ1) is 15.5. The van der Waals surface area contributed by atoms with Gasteiger partial charge < -0.3 is 19.5 Å². The Kier molecular flexibility index (Phi) is 5.07. The zero-order chi connectivity index (χ0) is 15.4. The smallest absolute Gasteiger partial charge is 0.246 e. The maximum atomic E-state index is 12.0. The molecular weight excluding hydrogens is 286 g/mol. The van der Waals surface area contributed by atoms with Crippen LogP contribution >= 0.6 is 0 Å². The predicted octanol–water partition coefficient (Wildman–Crippen LogP) is 0.562. The van der Waals surface area contributed by atoms with E-state index in [2.05, 4.69) is 10.4 Å². The molecule has 22 heavy (non-hydrogen) atoms. The predicted molar refractivity (Wildman–Crippen MR) is 78.2 cm³/mol. The third kappa shape index (κ3) is 3.85. The second-order valence-electron chi connectivity index (χ2n) is 5.85. The molecule has 3 atom stereocenters. The van der Waals surface area contributed by atoms with Crippen LogP contribution in [0.3, 0.4) is 0 Å². The van der Waals surface area contributed by atoms with Gasteiger partial charge in [0.1, 0.15) is 12.7 Å². The number of nitrogens with zero attached hydrogens (tertiary/aromatic N) is 2. The van der Waals surface area contributed by atoms with E-state index in [1.54, 1.807) is 10.9 Å². The van der Waals surface area contributed by atoms with E-state index >= 15 is 0 Å². The summed E-state index contributed by atoms with van der Waals surface area (Å²) < 4.78 is 18.4. The first-order chi connectivity index (χ1) is 10.7. The maximum Gasteiger partial charge on any atom is 0.246 e. The number of carbonyl (C=O) groups is 1. The summed E-state index contributed by atoms with van der Waals surface area (Å²) in [6.45, 7) is 1.99. The van der Waals surface area contributed by atoms with Crippen molar-refractivity contribution in [1.29, 1.82) is 0 Å². The lowest BCUT2D eigenvalue weighted by Gasteiger charge is -2.19. The molecule has 0 bridgehead atoms. The van der Waals surface area contributed by atoms with Gasteiger partial charge in [0.05, 0.1) is 24.9 Å². The fraction of sp³-hybridized carbons (Fsp3) is 0.733. The fourth-order valence-corrected chi connectivity index (χ4v) is 2.96. The van der Waals surface area contributed by atoms with Gasteiger partial charge in [-0.25, -0.2) is 0 Å². The molecule has 0 unspecified atom stereocenters. The van der Waals surface area contributed by atoms with Crippen molar-refractivity contribution in [2.75, 3.05) is 26.4 Å². The Morgan fingerprint density at radius 2 is 2.36 bits per heavy atom. The molecule has 7 nitrogen and oxygen atoms in total. The quantitative estimate of drug-likeness (QED) is 0.831. The minimum Gasteiger partial charge on any atom is -0.376 e. The molecule has 0 radical (unpaired) electrons. The van der Waals surface area contributed by atoms with Gasteiger partial charge in [0, 0.05) is 32.0 Å². The molecule has 1 aromatic rings. The molecule has 0 aliphatic carbocycles. The van der Waals surface area contributed by atoms with E-state index in [0.717, 1.165) is 31.4 Å². The summed E-state index contributed by atoms with van der Waals surface area (Å²) in [5.74, 6) is -0.109. The minimum atomic E-state index is -0.129. The Balaban J connectivity index is 1.43. The van der Waals surface area contributed by atoms with Crippen LogP contribution in [0.1, 0.15) is 30.9 Å². The topological polar surface area (TPSA) is 74.6 Å². The Labute approximate surface area is 129 Å². The monoisotopic (exact) mass is 309 g/mol. The molecule has 0 saturated carbocycles. The van der Waals surface area contributed by atoms with E-state index in [9.17, 15) is 4.79 Å². The lowest BCUT2D eigenvalue weighted by molar-refractivity contribution is -0.128.